The molecule has 1 N–H and O–H groups in total. The predicted octanol–water partition coefficient (Wildman–Crippen LogP) is 4.44. The highest BCUT2D eigenvalue weighted by molar-refractivity contribution is 6.33. The average molecular weight is 296 g/mol. The number of benzene rings is 1. The summed E-state index contributed by atoms with van der Waals surface area (Å²) in [4.78, 5) is 13.4. The van der Waals surface area contributed by atoms with Crippen LogP contribution in [-0.4, -0.2) is 23.7 Å². The summed E-state index contributed by atoms with van der Waals surface area (Å²) in [7, 11) is 0. The molecule has 2 rings (SSSR count). The molecule has 1 saturated carbocycles. The van der Waals surface area contributed by atoms with Crippen molar-refractivity contribution < 1.29 is 9.90 Å². The van der Waals surface area contributed by atoms with Crippen LogP contribution in [0.3, 0.4) is 0 Å². The first kappa shape index (κ1) is 15.2. The van der Waals surface area contributed by atoms with E-state index in [1.54, 1.807) is 12.1 Å². The summed E-state index contributed by atoms with van der Waals surface area (Å²) in [6.45, 7) is 5.39. The third-order valence-electron chi connectivity index (χ3n) is 3.84. The van der Waals surface area contributed by atoms with Crippen molar-refractivity contribution in [3.8, 4) is 0 Å². The predicted molar refractivity (Wildman–Crippen MR) is 82.9 cm³/mol. The van der Waals surface area contributed by atoms with E-state index < -0.39 is 5.97 Å². The van der Waals surface area contributed by atoms with Crippen LogP contribution in [0.25, 0.3) is 0 Å². The number of hydrogen-bond acceptors (Lipinski definition) is 2. The summed E-state index contributed by atoms with van der Waals surface area (Å²) in [6, 6.07) is 5.86. The number of rotatable bonds is 5. The number of aromatic carboxylic acids is 1. The summed E-state index contributed by atoms with van der Waals surface area (Å²) >= 11 is 6.10. The molecule has 1 aromatic carbocycles. The molecule has 1 aliphatic rings. The monoisotopic (exact) mass is 295 g/mol. The number of carboxylic acid groups (broad SMARTS) is 1. The van der Waals surface area contributed by atoms with Gasteiger partial charge in [0.1, 0.15) is 0 Å². The number of nitrogens with zero attached hydrogens (tertiary/aromatic N) is 1. The van der Waals surface area contributed by atoms with E-state index in [0.29, 0.717) is 17.0 Å². The quantitative estimate of drug-likeness (QED) is 0.873. The highest BCUT2D eigenvalue weighted by Gasteiger charge is 2.24. The minimum Gasteiger partial charge on any atom is -0.478 e. The zero-order valence-electron chi connectivity index (χ0n) is 12.1. The van der Waals surface area contributed by atoms with Crippen LogP contribution in [0.1, 0.15) is 49.9 Å². The van der Waals surface area contributed by atoms with Crippen molar-refractivity contribution in [2.75, 3.05) is 11.4 Å². The fourth-order valence-electron chi connectivity index (χ4n) is 2.93. The molecule has 0 spiro atoms. The van der Waals surface area contributed by atoms with Gasteiger partial charge in [-0.3, -0.25) is 0 Å². The van der Waals surface area contributed by atoms with E-state index in [1.807, 2.05) is 6.07 Å². The number of anilines is 1. The van der Waals surface area contributed by atoms with Gasteiger partial charge in [-0.2, -0.15) is 0 Å². The molecule has 0 aromatic heterocycles. The van der Waals surface area contributed by atoms with E-state index in [1.165, 1.54) is 25.7 Å². The number of hydrogen-bond donors (Lipinski definition) is 1. The van der Waals surface area contributed by atoms with Crippen molar-refractivity contribution in [3.63, 3.8) is 0 Å². The molecule has 0 unspecified atom stereocenters. The summed E-state index contributed by atoms with van der Waals surface area (Å²) in [5, 5.41) is 9.38. The normalized spacial score (nSPS) is 15.8. The zero-order chi connectivity index (χ0) is 14.7. The molecule has 0 amide bonds. The Hall–Kier alpha value is -1.22. The van der Waals surface area contributed by atoms with Gasteiger partial charge in [-0.05, 0) is 37.0 Å². The van der Waals surface area contributed by atoms with Crippen molar-refractivity contribution in [1.82, 2.24) is 0 Å². The van der Waals surface area contributed by atoms with Gasteiger partial charge in [-0.15, -0.1) is 0 Å². The van der Waals surface area contributed by atoms with Crippen molar-refractivity contribution in [2.45, 2.75) is 45.6 Å². The second-order valence-corrected chi connectivity index (χ2v) is 6.36. The molecule has 4 heteroatoms. The van der Waals surface area contributed by atoms with Crippen LogP contribution in [0.2, 0.25) is 5.02 Å². The largest absolute Gasteiger partial charge is 0.478 e. The summed E-state index contributed by atoms with van der Waals surface area (Å²) < 4.78 is 0. The van der Waals surface area contributed by atoms with Gasteiger partial charge in [0.25, 0.3) is 0 Å². The fourth-order valence-corrected chi connectivity index (χ4v) is 3.19. The number of carboxylic acids is 1. The Morgan fingerprint density at radius 3 is 2.55 bits per heavy atom. The zero-order valence-corrected chi connectivity index (χ0v) is 12.9. The fraction of sp³-hybridized carbons (Fsp3) is 0.562. The topological polar surface area (TPSA) is 40.5 Å². The smallest absolute Gasteiger partial charge is 0.337 e. The Balaban J connectivity index is 2.28. The summed E-state index contributed by atoms with van der Waals surface area (Å²) in [5.74, 6) is -0.411. The van der Waals surface area contributed by atoms with Crippen molar-refractivity contribution in [1.29, 1.82) is 0 Å². The molecule has 1 aromatic rings. The van der Waals surface area contributed by atoms with Crippen molar-refractivity contribution in [2.24, 2.45) is 5.92 Å². The lowest BCUT2D eigenvalue weighted by atomic mass is 10.1. The lowest BCUT2D eigenvalue weighted by Gasteiger charge is -2.33. The van der Waals surface area contributed by atoms with E-state index in [-0.39, 0.29) is 5.56 Å². The van der Waals surface area contributed by atoms with Crippen molar-refractivity contribution in [3.05, 3.63) is 28.8 Å². The first-order valence-corrected chi connectivity index (χ1v) is 7.66. The van der Waals surface area contributed by atoms with Gasteiger partial charge < -0.3 is 10.0 Å². The van der Waals surface area contributed by atoms with E-state index in [0.717, 1.165) is 12.2 Å². The maximum atomic E-state index is 11.0. The molecule has 0 aliphatic heterocycles. The Morgan fingerprint density at radius 2 is 2.05 bits per heavy atom. The van der Waals surface area contributed by atoms with Crippen LogP contribution in [-0.2, 0) is 0 Å². The molecule has 1 fully saturated rings. The molecule has 0 radical (unpaired) electrons. The van der Waals surface area contributed by atoms with E-state index in [9.17, 15) is 4.79 Å². The van der Waals surface area contributed by atoms with Crippen LogP contribution in [0.15, 0.2) is 18.2 Å². The Kier molecular flexibility index (Phi) is 4.92. The maximum absolute atomic E-state index is 11.0. The Labute approximate surface area is 125 Å². The molecule has 0 saturated heterocycles. The standard InChI is InChI=1S/C16H22ClNO2/c1-11(2)10-18(12-5-3-4-6-12)13-7-8-14(16(19)20)15(17)9-13/h7-9,11-12H,3-6,10H2,1-2H3,(H,19,20). The Morgan fingerprint density at radius 1 is 1.40 bits per heavy atom. The molecule has 0 bridgehead atoms. The van der Waals surface area contributed by atoms with Crippen molar-refractivity contribution >= 4 is 23.3 Å². The molecular weight excluding hydrogens is 274 g/mol. The highest BCUT2D eigenvalue weighted by Crippen LogP contribution is 2.31. The minimum absolute atomic E-state index is 0.173. The van der Waals surface area contributed by atoms with Gasteiger partial charge in [-0.1, -0.05) is 38.3 Å². The first-order chi connectivity index (χ1) is 9.49. The average Bonchev–Trinajstić information content (AvgIpc) is 2.88. The Bertz CT molecular complexity index is 481. The van der Waals surface area contributed by atoms with Crippen LogP contribution in [0, 0.1) is 5.92 Å². The first-order valence-electron chi connectivity index (χ1n) is 7.28. The highest BCUT2D eigenvalue weighted by atomic mass is 35.5. The van der Waals surface area contributed by atoms with Gasteiger partial charge in [0.05, 0.1) is 10.6 Å². The molecule has 0 heterocycles. The van der Waals surface area contributed by atoms with Gasteiger partial charge >= 0.3 is 5.97 Å². The van der Waals surface area contributed by atoms with Gasteiger partial charge in [-0.25, -0.2) is 4.79 Å². The summed E-state index contributed by atoms with van der Waals surface area (Å²) in [5.41, 5.74) is 1.21. The molecule has 1 aliphatic carbocycles. The van der Waals surface area contributed by atoms with Crippen LogP contribution in [0.5, 0.6) is 0 Å². The summed E-state index contributed by atoms with van der Waals surface area (Å²) in [6.07, 6.45) is 4.98. The molecule has 110 valence electrons. The molecule has 3 nitrogen and oxygen atoms in total. The van der Waals surface area contributed by atoms with Gasteiger partial charge in [0.15, 0.2) is 0 Å². The third-order valence-corrected chi connectivity index (χ3v) is 4.15. The molecule has 0 atom stereocenters. The number of halogens is 1. The third kappa shape index (κ3) is 3.45. The lowest BCUT2D eigenvalue weighted by molar-refractivity contribution is 0.0697. The maximum Gasteiger partial charge on any atom is 0.337 e. The van der Waals surface area contributed by atoms with E-state index >= 15 is 0 Å². The van der Waals surface area contributed by atoms with Crippen LogP contribution >= 0.6 is 11.6 Å². The second kappa shape index (κ2) is 6.49. The van der Waals surface area contributed by atoms with Gasteiger partial charge in [0, 0.05) is 18.3 Å². The minimum atomic E-state index is -0.974. The number of carbonyl (C=O) groups is 1. The van der Waals surface area contributed by atoms with Crippen LogP contribution in [0.4, 0.5) is 5.69 Å². The SMILES string of the molecule is CC(C)CN(c1ccc(C(=O)O)c(Cl)c1)C1CCCC1. The van der Waals surface area contributed by atoms with Crippen LogP contribution < -0.4 is 4.90 Å². The van der Waals surface area contributed by atoms with Gasteiger partial charge in [0.2, 0.25) is 0 Å². The lowest BCUT2D eigenvalue weighted by Crippen LogP contribution is -2.36. The molecular formula is C16H22ClNO2. The molecule has 20 heavy (non-hydrogen) atoms. The van der Waals surface area contributed by atoms with E-state index in [4.69, 9.17) is 16.7 Å². The second-order valence-electron chi connectivity index (χ2n) is 5.95. The van der Waals surface area contributed by atoms with E-state index in [2.05, 4.69) is 18.7 Å².